The molecule has 19 heavy (non-hydrogen) atoms. The molecule has 3 aliphatic carbocycles. The summed E-state index contributed by atoms with van der Waals surface area (Å²) in [7, 11) is 0. The molecule has 0 aromatic rings. The number of hydrogen-bond acceptors (Lipinski definition) is 1. The van der Waals surface area contributed by atoms with Crippen molar-refractivity contribution < 1.29 is 4.74 Å². The molecule has 106 valence electrons. The Hall–Kier alpha value is -0.300. The van der Waals surface area contributed by atoms with E-state index in [4.69, 9.17) is 4.74 Å². The summed E-state index contributed by atoms with van der Waals surface area (Å²) in [6, 6.07) is 0. The summed E-state index contributed by atoms with van der Waals surface area (Å²) in [5, 5.41) is 0. The molecule has 2 saturated carbocycles. The van der Waals surface area contributed by atoms with Crippen LogP contribution in [0.1, 0.15) is 77.0 Å². The predicted octanol–water partition coefficient (Wildman–Crippen LogP) is 5.00. The molecule has 1 saturated heterocycles. The molecular weight excluding hydrogens is 232 g/mol. The molecule has 1 aliphatic heterocycles. The minimum atomic E-state index is 0.267. The van der Waals surface area contributed by atoms with Crippen molar-refractivity contribution >= 4 is 0 Å². The van der Waals surface area contributed by atoms with Crippen LogP contribution in [0.5, 0.6) is 0 Å². The zero-order chi connectivity index (χ0) is 12.7. The van der Waals surface area contributed by atoms with Crippen LogP contribution in [0.4, 0.5) is 0 Å². The minimum Gasteiger partial charge on any atom is -0.371 e. The van der Waals surface area contributed by atoms with Crippen molar-refractivity contribution in [1.29, 1.82) is 0 Å². The first-order valence-corrected chi connectivity index (χ1v) is 8.77. The van der Waals surface area contributed by atoms with Gasteiger partial charge in [0.05, 0.1) is 11.7 Å². The number of ether oxygens (including phenoxy) is 1. The smallest absolute Gasteiger partial charge is 0.0751 e. The van der Waals surface area contributed by atoms with E-state index in [9.17, 15) is 0 Å². The van der Waals surface area contributed by atoms with Gasteiger partial charge in [0.15, 0.2) is 0 Å². The lowest BCUT2D eigenvalue weighted by atomic mass is 9.61. The normalized spacial score (nSPS) is 41.3. The molecule has 3 atom stereocenters. The Morgan fingerprint density at radius 2 is 1.74 bits per heavy atom. The second-order valence-corrected chi connectivity index (χ2v) is 7.36. The standard InChI is InChI=1S/C18H28O/c1-6-12-18(13-7-1)16-10-4-2-8-14(16)15-9-3-5-11-17(15)19-18/h8,15-17H,1-7,9-13H2/t15-,16+,17-/m1/s1. The quantitative estimate of drug-likeness (QED) is 0.557. The fourth-order valence-electron chi connectivity index (χ4n) is 5.50. The average molecular weight is 260 g/mol. The minimum absolute atomic E-state index is 0.267. The Morgan fingerprint density at radius 1 is 0.895 bits per heavy atom. The summed E-state index contributed by atoms with van der Waals surface area (Å²) < 4.78 is 6.85. The zero-order valence-corrected chi connectivity index (χ0v) is 12.2. The highest BCUT2D eigenvalue weighted by molar-refractivity contribution is 5.24. The van der Waals surface area contributed by atoms with E-state index in [0.29, 0.717) is 6.10 Å². The lowest BCUT2D eigenvalue weighted by Crippen LogP contribution is -2.54. The summed E-state index contributed by atoms with van der Waals surface area (Å²) in [6.07, 6.45) is 19.9. The Kier molecular flexibility index (Phi) is 3.22. The van der Waals surface area contributed by atoms with Gasteiger partial charge in [-0.3, -0.25) is 0 Å². The van der Waals surface area contributed by atoms with Gasteiger partial charge in [-0.2, -0.15) is 0 Å². The van der Waals surface area contributed by atoms with Gasteiger partial charge >= 0.3 is 0 Å². The van der Waals surface area contributed by atoms with E-state index >= 15 is 0 Å². The molecule has 3 fully saturated rings. The van der Waals surface area contributed by atoms with Crippen LogP contribution in [0.3, 0.4) is 0 Å². The SMILES string of the molecule is C1=C2[C@H]3CCCC[C@H]3OC3(CCCCC3)[C@H]2CCC1. The van der Waals surface area contributed by atoms with Crippen molar-refractivity contribution in [3.8, 4) is 0 Å². The van der Waals surface area contributed by atoms with Gasteiger partial charge in [-0.15, -0.1) is 0 Å². The highest BCUT2D eigenvalue weighted by Gasteiger charge is 2.51. The first-order chi connectivity index (χ1) is 9.39. The van der Waals surface area contributed by atoms with E-state index in [-0.39, 0.29) is 5.60 Å². The van der Waals surface area contributed by atoms with Crippen LogP contribution in [0.25, 0.3) is 0 Å². The summed E-state index contributed by atoms with van der Waals surface area (Å²) in [4.78, 5) is 0. The molecule has 0 amide bonds. The number of rotatable bonds is 0. The highest BCUT2D eigenvalue weighted by Crippen LogP contribution is 2.54. The fraction of sp³-hybridized carbons (Fsp3) is 0.889. The van der Waals surface area contributed by atoms with Gasteiger partial charge in [0.25, 0.3) is 0 Å². The molecular formula is C18H28O. The molecule has 1 heteroatoms. The van der Waals surface area contributed by atoms with Gasteiger partial charge in [-0.1, -0.05) is 43.8 Å². The molecule has 1 spiro atoms. The molecule has 0 aromatic carbocycles. The Balaban J connectivity index is 1.69. The zero-order valence-electron chi connectivity index (χ0n) is 12.2. The van der Waals surface area contributed by atoms with E-state index < -0.39 is 0 Å². The van der Waals surface area contributed by atoms with Gasteiger partial charge in [0.2, 0.25) is 0 Å². The van der Waals surface area contributed by atoms with Crippen LogP contribution in [-0.4, -0.2) is 11.7 Å². The molecule has 0 aromatic heterocycles. The third kappa shape index (κ3) is 2.00. The Labute approximate surface area is 117 Å². The number of allylic oxidation sites excluding steroid dienone is 1. The summed E-state index contributed by atoms with van der Waals surface area (Å²) >= 11 is 0. The van der Waals surface area contributed by atoms with Crippen molar-refractivity contribution in [3.63, 3.8) is 0 Å². The summed E-state index contributed by atoms with van der Waals surface area (Å²) in [6.45, 7) is 0. The maximum atomic E-state index is 6.85. The summed E-state index contributed by atoms with van der Waals surface area (Å²) in [5.74, 6) is 1.59. The van der Waals surface area contributed by atoms with Crippen molar-refractivity contribution in [2.45, 2.75) is 88.8 Å². The van der Waals surface area contributed by atoms with E-state index in [2.05, 4.69) is 6.08 Å². The molecule has 0 unspecified atom stereocenters. The lowest BCUT2D eigenvalue weighted by Gasteiger charge is -2.55. The maximum absolute atomic E-state index is 6.85. The maximum Gasteiger partial charge on any atom is 0.0751 e. The van der Waals surface area contributed by atoms with E-state index in [1.807, 2.05) is 5.57 Å². The van der Waals surface area contributed by atoms with E-state index in [1.54, 1.807) is 0 Å². The van der Waals surface area contributed by atoms with Crippen molar-refractivity contribution in [1.82, 2.24) is 0 Å². The van der Waals surface area contributed by atoms with Gasteiger partial charge in [0.1, 0.15) is 0 Å². The first kappa shape index (κ1) is 12.4. The Bertz CT molecular complexity index is 364. The van der Waals surface area contributed by atoms with Gasteiger partial charge in [0, 0.05) is 11.8 Å². The van der Waals surface area contributed by atoms with Crippen LogP contribution in [0.2, 0.25) is 0 Å². The molecule has 0 bridgehead atoms. The molecule has 1 heterocycles. The van der Waals surface area contributed by atoms with Gasteiger partial charge < -0.3 is 4.74 Å². The average Bonchev–Trinajstić information content (AvgIpc) is 2.49. The van der Waals surface area contributed by atoms with Crippen molar-refractivity contribution in [3.05, 3.63) is 11.6 Å². The topological polar surface area (TPSA) is 9.23 Å². The molecule has 4 rings (SSSR count). The van der Waals surface area contributed by atoms with Crippen LogP contribution >= 0.6 is 0 Å². The predicted molar refractivity (Wildman–Crippen MR) is 78.1 cm³/mol. The number of hydrogen-bond donors (Lipinski definition) is 0. The van der Waals surface area contributed by atoms with Gasteiger partial charge in [-0.05, 0) is 44.9 Å². The molecule has 0 N–H and O–H groups in total. The lowest BCUT2D eigenvalue weighted by molar-refractivity contribution is -0.188. The van der Waals surface area contributed by atoms with Crippen molar-refractivity contribution in [2.75, 3.05) is 0 Å². The third-order valence-corrected chi connectivity index (χ3v) is 6.33. The second kappa shape index (κ2) is 4.91. The van der Waals surface area contributed by atoms with Gasteiger partial charge in [-0.25, -0.2) is 0 Å². The van der Waals surface area contributed by atoms with Crippen LogP contribution in [-0.2, 0) is 4.74 Å². The van der Waals surface area contributed by atoms with Crippen LogP contribution in [0.15, 0.2) is 11.6 Å². The fourth-order valence-corrected chi connectivity index (χ4v) is 5.50. The molecule has 0 radical (unpaired) electrons. The third-order valence-electron chi connectivity index (χ3n) is 6.33. The van der Waals surface area contributed by atoms with E-state index in [0.717, 1.165) is 11.8 Å². The monoisotopic (exact) mass is 260 g/mol. The largest absolute Gasteiger partial charge is 0.371 e. The first-order valence-electron chi connectivity index (χ1n) is 8.77. The highest BCUT2D eigenvalue weighted by atomic mass is 16.5. The number of fused-ring (bicyclic) bond motifs is 4. The van der Waals surface area contributed by atoms with E-state index in [1.165, 1.54) is 77.0 Å². The second-order valence-electron chi connectivity index (χ2n) is 7.36. The van der Waals surface area contributed by atoms with Crippen LogP contribution in [0, 0.1) is 11.8 Å². The van der Waals surface area contributed by atoms with Crippen molar-refractivity contribution in [2.24, 2.45) is 11.8 Å². The Morgan fingerprint density at radius 3 is 2.63 bits per heavy atom. The summed E-state index contributed by atoms with van der Waals surface area (Å²) in [5.41, 5.74) is 2.12. The van der Waals surface area contributed by atoms with Crippen LogP contribution < -0.4 is 0 Å². The molecule has 1 nitrogen and oxygen atoms in total. The molecule has 4 aliphatic rings.